The van der Waals surface area contributed by atoms with Crippen molar-refractivity contribution >= 4 is 47.8 Å². The lowest BCUT2D eigenvalue weighted by molar-refractivity contribution is -0.365. The number of hydrogen-bond acceptors (Lipinski definition) is 23. The minimum absolute atomic E-state index is 0.0693. The highest BCUT2D eigenvalue weighted by atomic mass is 16.6. The molecule has 20 atom stereocenters. The summed E-state index contributed by atoms with van der Waals surface area (Å²) >= 11 is 0. The number of ether oxygens (including phenoxy) is 10. The van der Waals surface area contributed by atoms with Crippen molar-refractivity contribution < 1.29 is 111 Å². The molecule has 10 rings (SSSR count). The second kappa shape index (κ2) is 23.8. The minimum atomic E-state index is -2.11. The molecule has 6 fully saturated rings. The third-order valence-corrected chi connectivity index (χ3v) is 21.9. The first kappa shape index (κ1) is 67.8. The molecule has 8 aliphatic rings. The molecule has 4 bridgehead atoms. The van der Waals surface area contributed by atoms with Crippen molar-refractivity contribution in [1.82, 2.24) is 0 Å². The van der Waals surface area contributed by atoms with Gasteiger partial charge in [-0.25, -0.2) is 9.59 Å². The molecular weight excluding hydrogens is 1170 g/mol. The summed E-state index contributed by atoms with van der Waals surface area (Å²) < 4.78 is 59.8. The van der Waals surface area contributed by atoms with Crippen molar-refractivity contribution in [3.63, 3.8) is 0 Å². The summed E-state index contributed by atoms with van der Waals surface area (Å²) in [6.07, 6.45) is -13.9. The van der Waals surface area contributed by atoms with E-state index in [1.807, 2.05) is 6.92 Å². The second-order valence-corrected chi connectivity index (χ2v) is 27.5. The zero-order valence-corrected chi connectivity index (χ0v) is 53.7. The van der Waals surface area contributed by atoms with Crippen LogP contribution in [0.25, 0.3) is 0 Å². The van der Waals surface area contributed by atoms with Crippen molar-refractivity contribution in [1.29, 1.82) is 0 Å². The van der Waals surface area contributed by atoms with Crippen LogP contribution in [0.5, 0.6) is 0 Å². The molecule has 5 N–H and O–H groups in total. The number of rotatable bonds is 10. The van der Waals surface area contributed by atoms with Gasteiger partial charge < -0.3 is 72.9 Å². The maximum absolute atomic E-state index is 13.9. The van der Waals surface area contributed by atoms with E-state index in [4.69, 9.17) is 47.4 Å². The topological polar surface area (TPSA) is 330 Å². The minimum Gasteiger partial charge on any atom is -0.458 e. The predicted octanol–water partition coefficient (Wildman–Crippen LogP) is 5.31. The maximum Gasteiger partial charge on any atom is 0.338 e. The highest BCUT2D eigenvalue weighted by molar-refractivity contribution is 5.90. The molecule has 90 heavy (non-hydrogen) atoms. The molecule has 492 valence electrons. The van der Waals surface area contributed by atoms with Crippen LogP contribution < -0.4 is 0 Å². The van der Waals surface area contributed by atoms with Crippen LogP contribution >= 0.6 is 0 Å². The Balaban J connectivity index is 0.000000213. The first-order valence-electron chi connectivity index (χ1n) is 30.6. The Morgan fingerprint density at radius 3 is 1.16 bits per heavy atom. The summed E-state index contributed by atoms with van der Waals surface area (Å²) in [5.41, 5.74) is -10.9. The Morgan fingerprint density at radius 1 is 0.478 bits per heavy atom. The molecule has 0 aromatic heterocycles. The molecule has 2 aromatic rings. The van der Waals surface area contributed by atoms with E-state index in [9.17, 15) is 63.9 Å². The lowest BCUT2D eigenvalue weighted by Gasteiger charge is -2.69. The first-order valence-corrected chi connectivity index (χ1v) is 30.6. The number of aliphatic hydroxyl groups is 5. The van der Waals surface area contributed by atoms with E-state index < -0.39 is 171 Å². The monoisotopic (exact) mass is 1260 g/mol. The normalized spacial score (nSPS) is 39.9. The molecular formula is C67H86O23. The average molecular weight is 1260 g/mol. The lowest BCUT2D eigenvalue weighted by Crippen LogP contribution is -2.82. The third-order valence-electron chi connectivity index (χ3n) is 21.9. The molecule has 2 aromatic carbocycles. The Hall–Kier alpha value is -6.60. The number of benzene rings is 2. The zero-order valence-electron chi connectivity index (χ0n) is 53.7. The second-order valence-electron chi connectivity index (χ2n) is 27.5. The van der Waals surface area contributed by atoms with E-state index >= 15 is 0 Å². The van der Waals surface area contributed by atoms with Gasteiger partial charge in [-0.3, -0.25) is 28.8 Å². The van der Waals surface area contributed by atoms with Gasteiger partial charge in [0, 0.05) is 82.5 Å². The molecule has 2 heterocycles. The van der Waals surface area contributed by atoms with Crippen molar-refractivity contribution in [2.45, 2.75) is 219 Å². The number of hydrogen-bond donors (Lipinski definition) is 5. The maximum atomic E-state index is 13.9. The molecule has 2 aliphatic heterocycles. The molecule has 0 amide bonds. The van der Waals surface area contributed by atoms with Crippen molar-refractivity contribution in [2.24, 2.45) is 39.4 Å². The SMILES string of the molecule is CC(=O)O[C@H]1C[C@@]2(O)[C@@H](OC(=O)c3ccccc3)[C@@H]3[C@]4(OC(C)=O)CO[C@@H]4C[C@H](C)[C@@]3(C)[C@@H](O)[C@H](OC(C)=O)C(=C1C)C2(C)C.CC(=O)O[C@H]1C[C@@]2(O)[C@@H](OC(=O)c3ccccc3)[C@@H]3[C@]4(OC(C)=O)CO[C@@H]4C[C@H](O)[C@@]3(C)[C@@H](O)[C@H](OC(C)=O)C(=C1C)C2(C)C. The van der Waals surface area contributed by atoms with E-state index in [1.165, 1.54) is 53.7 Å². The fourth-order valence-corrected chi connectivity index (χ4v) is 17.2. The van der Waals surface area contributed by atoms with Crippen molar-refractivity contribution in [2.75, 3.05) is 13.2 Å². The molecule has 23 heteroatoms. The van der Waals surface area contributed by atoms with Crippen LogP contribution in [0.1, 0.15) is 150 Å². The van der Waals surface area contributed by atoms with Gasteiger partial charge >= 0.3 is 47.8 Å². The van der Waals surface area contributed by atoms with Gasteiger partial charge in [0.25, 0.3) is 0 Å². The molecule has 0 unspecified atom stereocenters. The Bertz CT molecular complexity index is 3050. The fourth-order valence-electron chi connectivity index (χ4n) is 17.2. The van der Waals surface area contributed by atoms with Crippen LogP contribution in [0.2, 0.25) is 0 Å². The zero-order chi connectivity index (χ0) is 66.6. The summed E-state index contributed by atoms with van der Waals surface area (Å²) in [6, 6.07) is 16.4. The smallest absolute Gasteiger partial charge is 0.338 e. The number of aliphatic hydroxyl groups excluding tert-OH is 3. The van der Waals surface area contributed by atoms with Gasteiger partial charge in [0.1, 0.15) is 60.0 Å². The van der Waals surface area contributed by atoms with E-state index in [1.54, 1.807) is 104 Å². The summed E-state index contributed by atoms with van der Waals surface area (Å²) in [7, 11) is 0. The Kier molecular flexibility index (Phi) is 17.9. The summed E-state index contributed by atoms with van der Waals surface area (Å²) in [5.74, 6) is -8.24. The predicted molar refractivity (Wildman–Crippen MR) is 314 cm³/mol. The van der Waals surface area contributed by atoms with Gasteiger partial charge in [-0.05, 0) is 72.7 Å². The highest BCUT2D eigenvalue weighted by Gasteiger charge is 2.80. The van der Waals surface area contributed by atoms with Crippen LogP contribution in [0.3, 0.4) is 0 Å². The van der Waals surface area contributed by atoms with E-state index in [0.29, 0.717) is 23.1 Å². The van der Waals surface area contributed by atoms with E-state index in [2.05, 4.69) is 0 Å². The number of esters is 8. The van der Waals surface area contributed by atoms with Crippen LogP contribution in [-0.4, -0.2) is 176 Å². The Labute approximate surface area is 523 Å². The summed E-state index contributed by atoms with van der Waals surface area (Å²) in [4.78, 5) is 103. The summed E-state index contributed by atoms with van der Waals surface area (Å²) in [5, 5.41) is 63.2. The van der Waals surface area contributed by atoms with Gasteiger partial charge in [0.05, 0.1) is 42.3 Å². The number of carbonyl (C=O) groups is 8. The van der Waals surface area contributed by atoms with Gasteiger partial charge in [-0.1, -0.05) is 84.9 Å². The van der Waals surface area contributed by atoms with Gasteiger partial charge in [-0.15, -0.1) is 0 Å². The molecule has 0 spiro atoms. The quantitative estimate of drug-likeness (QED) is 0.114. The van der Waals surface area contributed by atoms with Crippen LogP contribution in [0.4, 0.5) is 0 Å². The van der Waals surface area contributed by atoms with Gasteiger partial charge in [0.15, 0.2) is 23.4 Å². The molecule has 23 nitrogen and oxygen atoms in total. The van der Waals surface area contributed by atoms with Crippen molar-refractivity contribution in [3.8, 4) is 0 Å². The van der Waals surface area contributed by atoms with Gasteiger partial charge in [-0.2, -0.15) is 0 Å². The highest BCUT2D eigenvalue weighted by Crippen LogP contribution is 2.68. The number of fused-ring (bicyclic) bond motifs is 10. The van der Waals surface area contributed by atoms with E-state index in [0.717, 1.165) is 0 Å². The lowest BCUT2D eigenvalue weighted by atomic mass is 9.43. The molecule has 2 saturated heterocycles. The van der Waals surface area contributed by atoms with Crippen LogP contribution in [-0.2, 0) is 76.1 Å². The summed E-state index contributed by atoms with van der Waals surface area (Å²) in [6.45, 7) is 22.5. The average Bonchev–Trinajstić information content (AvgIpc) is 0.677. The standard InChI is InChI=1S/C34H44O11.C33H42O12/c1-17-14-24-33(16-41-24,45-21(5)37)27-29(44-30(39)22-12-10-9-11-13-22)34(40)15-23(42-19(3)35)18(2)25(31(34,6)7)26(43-20(4)36)28(38)32(17,27)8;1-16-21(42-17(2)34)14-33(40)28(44-29(39)20-11-9-8-10-12-20)26-31(7,22(37)13-23-32(26,15-41-23)45-19(4)36)27(38)25(43-18(3)35)24(16)30(33,5)6/h9-13,17,23-24,26-29,38,40H,14-16H2,1-8H3;8-12,21-23,25-28,37-38,40H,13-15H2,1-7H3/t17-,23-,24+,26+,27-,28-,29-,32+,33-,34+;21-,22-,23+,25+,26-,27-,28-,31+,32-,33+/m00/s1. The fraction of sp³-hybridized carbons (Fsp3) is 0.642. The van der Waals surface area contributed by atoms with Crippen LogP contribution in [0, 0.1) is 39.4 Å². The number of carbonyl (C=O) groups excluding carboxylic acids is 8. The molecule has 6 aliphatic carbocycles. The first-order chi connectivity index (χ1) is 41.8. The molecule has 0 radical (unpaired) electrons. The Morgan fingerprint density at radius 2 is 0.822 bits per heavy atom. The van der Waals surface area contributed by atoms with E-state index in [-0.39, 0.29) is 55.1 Å². The van der Waals surface area contributed by atoms with Crippen LogP contribution in [0.15, 0.2) is 83.0 Å². The van der Waals surface area contributed by atoms with Gasteiger partial charge in [0.2, 0.25) is 0 Å². The third kappa shape index (κ3) is 10.5. The van der Waals surface area contributed by atoms with Crippen molar-refractivity contribution in [3.05, 3.63) is 94.1 Å². The largest absolute Gasteiger partial charge is 0.458 e. The molecule has 4 saturated carbocycles.